The van der Waals surface area contributed by atoms with Crippen molar-refractivity contribution in [2.75, 3.05) is 0 Å². The molecule has 7 nitrogen and oxygen atoms in total. The first-order valence-electron chi connectivity index (χ1n) is 10.2. The fraction of sp³-hybridized carbons (Fsp3) is 0.318. The maximum Gasteiger partial charge on any atom is 0.394 e. The highest BCUT2D eigenvalue weighted by atomic mass is 19.1. The number of aryl methyl sites for hydroxylation is 1. The molecule has 31 heavy (non-hydrogen) atoms. The van der Waals surface area contributed by atoms with Crippen LogP contribution >= 0.6 is 0 Å². The largest absolute Gasteiger partial charge is 0.447 e. The van der Waals surface area contributed by atoms with E-state index >= 15 is 0 Å². The molecule has 1 aliphatic heterocycles. The smallest absolute Gasteiger partial charge is 0.394 e. The number of rotatable bonds is 4. The molecule has 0 saturated heterocycles. The molecule has 1 saturated carbocycles. The van der Waals surface area contributed by atoms with Gasteiger partial charge in [-0.05, 0) is 36.2 Å². The summed E-state index contributed by atoms with van der Waals surface area (Å²) in [6.45, 7) is 0. The quantitative estimate of drug-likeness (QED) is 0.498. The lowest BCUT2D eigenvalue weighted by Crippen LogP contribution is -2.41. The van der Waals surface area contributed by atoms with Gasteiger partial charge in [0.15, 0.2) is 5.58 Å². The van der Waals surface area contributed by atoms with Crippen LogP contribution in [0.15, 0.2) is 51.7 Å². The summed E-state index contributed by atoms with van der Waals surface area (Å²) < 4.78 is 41.8. The monoisotopic (exact) mass is 424 g/mol. The van der Waals surface area contributed by atoms with E-state index in [4.69, 9.17) is 9.15 Å². The van der Waals surface area contributed by atoms with E-state index in [1.54, 1.807) is 4.57 Å². The molecule has 0 radical (unpaired) electrons. The Morgan fingerprint density at radius 1 is 1.10 bits per heavy atom. The van der Waals surface area contributed by atoms with E-state index in [9.17, 15) is 13.6 Å². The first-order valence-corrected chi connectivity index (χ1v) is 10.2. The molecule has 158 valence electrons. The van der Waals surface area contributed by atoms with Crippen molar-refractivity contribution in [2.45, 2.75) is 43.9 Å². The van der Waals surface area contributed by atoms with Gasteiger partial charge in [0.1, 0.15) is 29.1 Å². The molecule has 2 aliphatic rings. The first-order chi connectivity index (χ1) is 15.0. The number of nitrogens with zero attached hydrogens (tertiary/aromatic N) is 4. The molecule has 1 aliphatic carbocycles. The van der Waals surface area contributed by atoms with Crippen molar-refractivity contribution in [3.63, 3.8) is 0 Å². The third-order valence-corrected chi connectivity index (χ3v) is 6.08. The van der Waals surface area contributed by atoms with Gasteiger partial charge in [-0.25, -0.2) is 18.3 Å². The maximum atomic E-state index is 13.7. The van der Waals surface area contributed by atoms with Crippen molar-refractivity contribution >= 4 is 11.1 Å². The zero-order valence-electron chi connectivity index (χ0n) is 16.4. The van der Waals surface area contributed by atoms with E-state index in [1.807, 2.05) is 24.3 Å². The van der Waals surface area contributed by atoms with Crippen molar-refractivity contribution in [3.05, 3.63) is 76.0 Å². The minimum absolute atomic E-state index is 0.0927. The standard InChI is InChI=1S/C22H18F2N4O3/c23-13-7-12(8-14(24)9-13)18-5-6-20-26-28(22(29)27(18)20)15-10-16(11-15)30-21-25-17-3-1-2-4-19(17)31-21/h1-4,7-9,15-16,18H,5-6,10-11H2/t15-,16-,18-/m0/s1. The Bertz CT molecular complexity index is 1300. The van der Waals surface area contributed by atoms with Crippen molar-refractivity contribution in [3.8, 4) is 6.08 Å². The molecule has 9 heteroatoms. The second-order valence-corrected chi connectivity index (χ2v) is 8.08. The number of hydrogen-bond donors (Lipinski definition) is 0. The normalized spacial score (nSPS) is 22.5. The van der Waals surface area contributed by atoms with E-state index in [-0.39, 0.29) is 23.9 Å². The molecule has 0 amide bonds. The highest BCUT2D eigenvalue weighted by Crippen LogP contribution is 2.36. The van der Waals surface area contributed by atoms with Crippen LogP contribution in [0, 0.1) is 11.6 Å². The van der Waals surface area contributed by atoms with Crippen LogP contribution in [0.2, 0.25) is 0 Å². The third kappa shape index (κ3) is 3.03. The number of oxazole rings is 1. The topological polar surface area (TPSA) is 75.1 Å². The molecule has 0 bridgehead atoms. The van der Waals surface area contributed by atoms with Gasteiger partial charge in [0.05, 0.1) is 12.1 Å². The first kappa shape index (κ1) is 18.3. The average molecular weight is 424 g/mol. The fourth-order valence-corrected chi connectivity index (χ4v) is 4.51. The SMILES string of the molecule is O=c1n2c(nn1[C@H]1C[C@H](Oc3nc4ccccc4o3)C1)CC[C@H]2c1cc(F)cc(F)c1. The Morgan fingerprint density at radius 2 is 1.87 bits per heavy atom. The summed E-state index contributed by atoms with van der Waals surface area (Å²) in [4.78, 5) is 17.3. The Hall–Kier alpha value is -3.49. The highest BCUT2D eigenvalue weighted by Gasteiger charge is 2.38. The number of hydrogen-bond acceptors (Lipinski definition) is 5. The summed E-state index contributed by atoms with van der Waals surface area (Å²) in [6.07, 6.45) is 2.49. The van der Waals surface area contributed by atoms with Crippen LogP contribution in [0.4, 0.5) is 8.78 Å². The zero-order chi connectivity index (χ0) is 21.1. The predicted octanol–water partition coefficient (Wildman–Crippen LogP) is 3.78. The summed E-state index contributed by atoms with van der Waals surface area (Å²) in [7, 11) is 0. The summed E-state index contributed by atoms with van der Waals surface area (Å²) in [5, 5.41) is 4.49. The van der Waals surface area contributed by atoms with Gasteiger partial charge in [0.2, 0.25) is 0 Å². The van der Waals surface area contributed by atoms with Crippen LogP contribution in [0.3, 0.4) is 0 Å². The second-order valence-electron chi connectivity index (χ2n) is 8.08. The van der Waals surface area contributed by atoms with Gasteiger partial charge < -0.3 is 9.15 Å². The molecule has 2 aromatic heterocycles. The lowest BCUT2D eigenvalue weighted by Gasteiger charge is -2.33. The molecule has 0 spiro atoms. The molecule has 3 heterocycles. The molecule has 1 atom stereocenters. The van der Waals surface area contributed by atoms with Gasteiger partial charge in [-0.1, -0.05) is 12.1 Å². The van der Waals surface area contributed by atoms with E-state index in [1.165, 1.54) is 16.8 Å². The number of benzene rings is 2. The molecule has 2 aromatic carbocycles. The number of para-hydroxylation sites is 2. The second kappa shape index (κ2) is 6.76. The minimum Gasteiger partial charge on any atom is -0.447 e. The lowest BCUT2D eigenvalue weighted by molar-refractivity contribution is 0.0392. The van der Waals surface area contributed by atoms with Gasteiger partial charge in [0.25, 0.3) is 0 Å². The molecule has 1 fully saturated rings. The Balaban J connectivity index is 1.19. The number of fused-ring (bicyclic) bond motifs is 2. The van der Waals surface area contributed by atoms with E-state index < -0.39 is 17.7 Å². The minimum atomic E-state index is -0.651. The Morgan fingerprint density at radius 3 is 2.65 bits per heavy atom. The van der Waals surface area contributed by atoms with Crippen molar-refractivity contribution in [1.82, 2.24) is 19.3 Å². The predicted molar refractivity (Wildman–Crippen MR) is 106 cm³/mol. The average Bonchev–Trinajstić information content (AvgIpc) is 3.38. The van der Waals surface area contributed by atoms with Crippen molar-refractivity contribution in [1.29, 1.82) is 0 Å². The zero-order valence-corrected chi connectivity index (χ0v) is 16.4. The van der Waals surface area contributed by atoms with E-state index in [2.05, 4.69) is 10.1 Å². The Kier molecular flexibility index (Phi) is 3.99. The lowest BCUT2D eigenvalue weighted by atomic mass is 9.89. The fourth-order valence-electron chi connectivity index (χ4n) is 4.51. The summed E-state index contributed by atoms with van der Waals surface area (Å²) >= 11 is 0. The summed E-state index contributed by atoms with van der Waals surface area (Å²) in [5.74, 6) is -0.660. The van der Waals surface area contributed by atoms with Crippen LogP contribution < -0.4 is 10.4 Å². The van der Waals surface area contributed by atoms with Crippen LogP contribution in [-0.2, 0) is 6.42 Å². The number of aromatic nitrogens is 4. The van der Waals surface area contributed by atoms with Gasteiger partial charge >= 0.3 is 11.8 Å². The van der Waals surface area contributed by atoms with Gasteiger partial charge in [-0.3, -0.25) is 4.57 Å². The van der Waals surface area contributed by atoms with Gasteiger partial charge in [0, 0.05) is 25.3 Å². The molecular formula is C22H18F2N4O3. The maximum absolute atomic E-state index is 13.7. The molecule has 4 aromatic rings. The number of halogens is 2. The van der Waals surface area contributed by atoms with E-state index in [0.29, 0.717) is 42.7 Å². The molecular weight excluding hydrogens is 406 g/mol. The molecule has 0 N–H and O–H groups in total. The molecule has 6 rings (SSSR count). The number of ether oxygens (including phenoxy) is 1. The van der Waals surface area contributed by atoms with Gasteiger partial charge in [-0.2, -0.15) is 10.1 Å². The van der Waals surface area contributed by atoms with E-state index in [0.717, 1.165) is 11.6 Å². The highest BCUT2D eigenvalue weighted by molar-refractivity contribution is 5.72. The van der Waals surface area contributed by atoms with Crippen molar-refractivity contribution in [2.24, 2.45) is 0 Å². The summed E-state index contributed by atoms with van der Waals surface area (Å²) in [6, 6.07) is 10.3. The van der Waals surface area contributed by atoms with Crippen LogP contribution in [0.5, 0.6) is 6.08 Å². The van der Waals surface area contributed by atoms with Crippen LogP contribution in [0.25, 0.3) is 11.1 Å². The summed E-state index contributed by atoms with van der Waals surface area (Å²) in [5.41, 5.74) is 1.58. The van der Waals surface area contributed by atoms with Crippen LogP contribution in [-0.4, -0.2) is 25.4 Å². The molecule has 0 unspecified atom stereocenters. The third-order valence-electron chi connectivity index (χ3n) is 6.08. The van der Waals surface area contributed by atoms with Crippen LogP contribution in [0.1, 0.15) is 42.7 Å². The van der Waals surface area contributed by atoms with Gasteiger partial charge in [-0.15, -0.1) is 0 Å². The van der Waals surface area contributed by atoms with Crippen molar-refractivity contribution < 1.29 is 17.9 Å². The Labute approximate surface area is 174 Å².